The minimum atomic E-state index is -4.74. The first-order chi connectivity index (χ1) is 35.4. The number of alkyl halides is 6. The predicted octanol–water partition coefficient (Wildman–Crippen LogP) is 12.4. The zero-order valence-electron chi connectivity index (χ0n) is 40.2. The van der Waals surface area contributed by atoms with Crippen molar-refractivity contribution >= 4 is 6.29 Å². The van der Waals surface area contributed by atoms with E-state index in [1.54, 1.807) is 37.1 Å². The zero-order chi connectivity index (χ0) is 52.6. The zero-order valence-corrected chi connectivity index (χ0v) is 40.2. The molecule has 0 radical (unpaired) electrons. The lowest BCUT2D eigenvalue weighted by Gasteiger charge is -2.20. The van der Waals surface area contributed by atoms with Crippen molar-refractivity contribution in [3.05, 3.63) is 202 Å². The van der Waals surface area contributed by atoms with Gasteiger partial charge < -0.3 is 14.6 Å². The number of halogens is 8. The Morgan fingerprint density at radius 1 is 0.649 bits per heavy atom. The number of benzene rings is 4. The molecule has 4 heterocycles. The monoisotopic (exact) mass is 1030 g/mol. The summed E-state index contributed by atoms with van der Waals surface area (Å²) >= 11 is 0. The first-order valence-corrected chi connectivity index (χ1v) is 23.8. The van der Waals surface area contributed by atoms with Crippen LogP contribution in [0.5, 0.6) is 0 Å². The molecular weight excluding hydrogens is 977 g/mol. The van der Waals surface area contributed by atoms with E-state index in [1.807, 2.05) is 65.3 Å². The molecule has 388 valence electrons. The summed E-state index contributed by atoms with van der Waals surface area (Å²) < 4.78 is 125. The van der Waals surface area contributed by atoms with E-state index in [4.69, 9.17) is 9.47 Å². The molecule has 0 spiro atoms. The number of aromatic nitrogens is 8. The normalized spacial score (nSPS) is 14.9. The van der Waals surface area contributed by atoms with Crippen molar-refractivity contribution in [1.29, 1.82) is 0 Å². The highest BCUT2D eigenvalue weighted by Gasteiger charge is 2.37. The van der Waals surface area contributed by atoms with Crippen LogP contribution in [0, 0.1) is 23.5 Å². The molecule has 12 nitrogen and oxygen atoms in total. The predicted molar refractivity (Wildman–Crippen MR) is 256 cm³/mol. The van der Waals surface area contributed by atoms with Gasteiger partial charge in [-0.1, -0.05) is 60.7 Å². The van der Waals surface area contributed by atoms with Gasteiger partial charge in [-0.05, 0) is 111 Å². The molecule has 4 aromatic heterocycles. The lowest BCUT2D eigenvalue weighted by Crippen LogP contribution is -2.13. The molecule has 0 bridgehead atoms. The Morgan fingerprint density at radius 3 is 1.66 bits per heavy atom. The van der Waals surface area contributed by atoms with Crippen molar-refractivity contribution in [2.45, 2.75) is 96.5 Å². The van der Waals surface area contributed by atoms with Crippen LogP contribution in [0.2, 0.25) is 0 Å². The fourth-order valence-electron chi connectivity index (χ4n) is 7.87. The maximum Gasteiger partial charge on any atom is 0.435 e. The van der Waals surface area contributed by atoms with Crippen LogP contribution in [0.15, 0.2) is 140 Å². The molecule has 3 atom stereocenters. The number of aldehydes is 1. The van der Waals surface area contributed by atoms with Crippen LogP contribution >= 0.6 is 0 Å². The third kappa shape index (κ3) is 14.3. The molecule has 0 aliphatic heterocycles. The molecule has 0 saturated heterocycles. The fourth-order valence-corrected chi connectivity index (χ4v) is 7.87. The molecule has 2 saturated carbocycles. The molecule has 10 rings (SSSR count). The minimum absolute atomic E-state index is 0.110. The second kappa shape index (κ2) is 23.3. The molecule has 4 aromatic carbocycles. The summed E-state index contributed by atoms with van der Waals surface area (Å²) in [4.78, 5) is 10.3. The van der Waals surface area contributed by atoms with Crippen molar-refractivity contribution in [3.8, 4) is 11.4 Å². The molecule has 8 aromatic rings. The Labute approximate surface area is 420 Å². The average molecular weight is 1030 g/mol. The minimum Gasteiger partial charge on any atom is -0.382 e. The lowest BCUT2D eigenvalue weighted by atomic mass is 10.1. The van der Waals surface area contributed by atoms with Crippen LogP contribution in [0.1, 0.15) is 113 Å². The first kappa shape index (κ1) is 53.0. The van der Waals surface area contributed by atoms with E-state index in [-0.39, 0.29) is 18.0 Å². The van der Waals surface area contributed by atoms with Gasteiger partial charge in [0, 0.05) is 48.4 Å². The first-order valence-electron chi connectivity index (χ1n) is 23.8. The van der Waals surface area contributed by atoms with Crippen LogP contribution in [-0.2, 0) is 48.1 Å². The van der Waals surface area contributed by atoms with E-state index in [1.165, 1.54) is 55.6 Å². The summed E-state index contributed by atoms with van der Waals surface area (Å²) in [6, 6.07) is 28.0. The van der Waals surface area contributed by atoms with Gasteiger partial charge in [-0.2, -0.15) is 46.7 Å². The Bertz CT molecular complexity index is 3090. The average Bonchev–Trinajstić information content (AvgIpc) is 4.06. The third-order valence-corrected chi connectivity index (χ3v) is 12.2. The van der Waals surface area contributed by atoms with Crippen molar-refractivity contribution in [2.75, 3.05) is 0 Å². The SMILES string of the molecule is C[C@@H](OCc1ccccc1)c1cc(F)ccc1-n1ccc(C(F)(F)F)n1.C[C@@H](OCc1ccccc1)c1cc(F)ccc1-n1nc(C(F)(F)F)cc1C(O)c1cnn(CC2CC2)c1.O=Cc1cnn(CC2CC2)c1. The number of carbonyl (C=O) groups excluding carboxylic acids is 1. The van der Waals surface area contributed by atoms with E-state index < -0.39 is 53.7 Å². The number of rotatable bonds is 17. The largest absolute Gasteiger partial charge is 0.435 e. The van der Waals surface area contributed by atoms with Crippen LogP contribution in [0.3, 0.4) is 0 Å². The van der Waals surface area contributed by atoms with Crippen molar-refractivity contribution in [3.63, 3.8) is 0 Å². The molecule has 20 heteroatoms. The fraction of sp³-hybridized carbons (Fsp3) is 0.315. The molecule has 0 amide bonds. The van der Waals surface area contributed by atoms with Gasteiger partial charge in [0.05, 0.1) is 60.4 Å². The second-order valence-electron chi connectivity index (χ2n) is 18.2. The summed E-state index contributed by atoms with van der Waals surface area (Å²) in [5, 5.41) is 26.8. The van der Waals surface area contributed by atoms with Gasteiger partial charge in [-0.3, -0.25) is 14.2 Å². The Kier molecular flexibility index (Phi) is 16.7. The number of aliphatic hydroxyl groups excluding tert-OH is 1. The quantitative estimate of drug-likeness (QED) is 0.0706. The van der Waals surface area contributed by atoms with E-state index in [0.717, 1.165) is 70.3 Å². The smallest absolute Gasteiger partial charge is 0.382 e. The van der Waals surface area contributed by atoms with Gasteiger partial charge >= 0.3 is 12.4 Å². The molecule has 2 fully saturated rings. The van der Waals surface area contributed by atoms with Crippen molar-refractivity contribution < 1.29 is 54.5 Å². The summed E-state index contributed by atoms with van der Waals surface area (Å²) in [5.41, 5.74) is 1.79. The van der Waals surface area contributed by atoms with Gasteiger partial charge in [0.2, 0.25) is 0 Å². The maximum atomic E-state index is 14.3. The topological polar surface area (TPSA) is 127 Å². The summed E-state index contributed by atoms with van der Waals surface area (Å²) in [6.07, 6.45) is 1.40. The van der Waals surface area contributed by atoms with Crippen LogP contribution in [0.25, 0.3) is 11.4 Å². The van der Waals surface area contributed by atoms with Gasteiger partial charge in [0.1, 0.15) is 17.7 Å². The number of carbonyl (C=O) groups is 1. The van der Waals surface area contributed by atoms with Crippen molar-refractivity contribution in [2.24, 2.45) is 11.8 Å². The number of hydrogen-bond donors (Lipinski definition) is 1. The van der Waals surface area contributed by atoms with E-state index in [0.29, 0.717) is 47.0 Å². The molecule has 1 unspecified atom stereocenters. The van der Waals surface area contributed by atoms with E-state index >= 15 is 0 Å². The summed E-state index contributed by atoms with van der Waals surface area (Å²) in [7, 11) is 0. The number of aliphatic hydroxyl groups is 1. The highest BCUT2D eigenvalue weighted by atomic mass is 19.4. The van der Waals surface area contributed by atoms with Gasteiger partial charge in [0.15, 0.2) is 17.7 Å². The highest BCUT2D eigenvalue weighted by molar-refractivity contribution is 5.73. The molecule has 2 aliphatic rings. The van der Waals surface area contributed by atoms with E-state index in [9.17, 15) is 45.0 Å². The van der Waals surface area contributed by atoms with Crippen LogP contribution < -0.4 is 0 Å². The standard InChI is InChI=1S/C27H26F4N4O2.C19H16F4N2O.C8H10N2O/c1-17(37-16-19-5-3-2-4-6-19)22-11-21(28)9-10-23(22)35-24(12-25(33-35)27(29,30)31)26(36)20-13-32-34(15-20)14-18-7-8-18;1-13(26-12-14-5-3-2-4-6-14)16-11-15(20)7-8-17(16)25-10-9-18(24-25)19(21,22)23;11-6-8-3-9-10(5-8)4-7-1-2-7/h2-6,9-13,15,17-18,26,36H,7-8,14,16H2,1H3;2-11,13H,12H2,1H3;3,5-7H,1-2,4H2/t17-,26?;13-;/m11./s1. The lowest BCUT2D eigenvalue weighted by molar-refractivity contribution is -0.142. The number of hydrogen-bond acceptors (Lipinski definition) is 8. The molecule has 2 aliphatic carbocycles. The van der Waals surface area contributed by atoms with Gasteiger partial charge in [-0.25, -0.2) is 18.1 Å². The maximum absolute atomic E-state index is 14.3. The number of ether oxygens (including phenoxy) is 2. The summed E-state index contributed by atoms with van der Waals surface area (Å²) in [5.74, 6) is 0.281. The Morgan fingerprint density at radius 2 is 1.16 bits per heavy atom. The molecule has 1 N–H and O–H groups in total. The van der Waals surface area contributed by atoms with Crippen molar-refractivity contribution in [1.82, 2.24) is 39.1 Å². The van der Waals surface area contributed by atoms with Gasteiger partial charge in [-0.15, -0.1) is 0 Å². The third-order valence-electron chi connectivity index (χ3n) is 12.2. The highest BCUT2D eigenvalue weighted by Crippen LogP contribution is 2.37. The molecular formula is C54H52F8N8O4. The second-order valence-corrected chi connectivity index (χ2v) is 18.2. The molecule has 74 heavy (non-hydrogen) atoms. The Hall–Kier alpha value is -7.29. The number of nitrogens with zero attached hydrogens (tertiary/aromatic N) is 8. The van der Waals surface area contributed by atoms with Gasteiger partial charge in [0.25, 0.3) is 0 Å². The summed E-state index contributed by atoms with van der Waals surface area (Å²) in [6.45, 7) is 5.60. The Balaban J connectivity index is 0.000000169. The van der Waals surface area contributed by atoms with E-state index in [2.05, 4.69) is 20.4 Å². The van der Waals surface area contributed by atoms with Crippen LogP contribution in [0.4, 0.5) is 35.1 Å². The van der Waals surface area contributed by atoms with Crippen LogP contribution in [-0.4, -0.2) is 50.5 Å².